The lowest BCUT2D eigenvalue weighted by molar-refractivity contribution is -0.143. The van der Waals surface area contributed by atoms with Crippen molar-refractivity contribution in [3.05, 3.63) is 89.9 Å². The highest BCUT2D eigenvalue weighted by Gasteiger charge is 2.35. The third kappa shape index (κ3) is 6.63. The van der Waals surface area contributed by atoms with Gasteiger partial charge in [-0.3, -0.25) is 9.59 Å². The Morgan fingerprint density at radius 3 is 2.27 bits per heavy atom. The molecule has 0 saturated heterocycles. The molecule has 11 heteroatoms. The zero-order chi connectivity index (χ0) is 26.6. The summed E-state index contributed by atoms with van der Waals surface area (Å²) in [5.74, 6) is -1.30. The minimum Gasteiger partial charge on any atom is -0.467 e. The monoisotopic (exact) mass is 508 g/mol. The second kappa shape index (κ2) is 10.7. The molecule has 2 aromatic heterocycles. The van der Waals surface area contributed by atoms with Crippen LogP contribution in [-0.4, -0.2) is 42.5 Å². The Morgan fingerprint density at radius 2 is 1.68 bits per heavy atom. The van der Waals surface area contributed by atoms with Gasteiger partial charge < -0.3 is 14.6 Å². The molecule has 0 aliphatic heterocycles. The van der Waals surface area contributed by atoms with Crippen LogP contribution in [0.2, 0.25) is 0 Å². The van der Waals surface area contributed by atoms with Crippen LogP contribution >= 0.6 is 0 Å². The Bertz CT molecular complexity index is 1350. The maximum absolute atomic E-state index is 13.6. The van der Waals surface area contributed by atoms with E-state index in [-0.39, 0.29) is 24.7 Å². The molecule has 0 spiro atoms. The van der Waals surface area contributed by atoms with Gasteiger partial charge in [0.05, 0.1) is 6.26 Å². The fourth-order valence-electron chi connectivity index (χ4n) is 3.66. The molecule has 0 bridgehead atoms. The van der Waals surface area contributed by atoms with Crippen molar-refractivity contribution < 1.29 is 22.8 Å². The normalized spacial score (nSPS) is 12.2. The number of benzene rings is 2. The molecule has 0 fully saturated rings. The standard InChI is InChI=1S/C26H26F2N6O3/c1-26(2,3)29-25(36)23(21-5-4-14-37-21)33(15-17-6-10-19(27)11-7-17)22(35)16-34-31-24(30-32-34)18-8-12-20(28)13-9-18/h4-14,23H,15-16H2,1-3H3,(H,29,36)/t23-/m0/s1. The van der Waals surface area contributed by atoms with Crippen LogP contribution in [0.25, 0.3) is 11.4 Å². The molecule has 2 amide bonds. The van der Waals surface area contributed by atoms with Crippen LogP contribution < -0.4 is 5.32 Å². The molecule has 1 atom stereocenters. The molecule has 0 radical (unpaired) electrons. The topological polar surface area (TPSA) is 106 Å². The summed E-state index contributed by atoms with van der Waals surface area (Å²) in [5, 5.41) is 15.0. The summed E-state index contributed by atoms with van der Waals surface area (Å²) in [4.78, 5) is 29.5. The lowest BCUT2D eigenvalue weighted by Gasteiger charge is -2.32. The van der Waals surface area contributed by atoms with E-state index in [0.717, 1.165) is 4.80 Å². The van der Waals surface area contributed by atoms with Crippen LogP contribution in [0.1, 0.15) is 38.1 Å². The summed E-state index contributed by atoms with van der Waals surface area (Å²) < 4.78 is 32.3. The number of nitrogens with zero attached hydrogens (tertiary/aromatic N) is 5. The van der Waals surface area contributed by atoms with Crippen molar-refractivity contribution in [3.63, 3.8) is 0 Å². The Balaban J connectivity index is 1.65. The number of carbonyl (C=O) groups excluding carboxylic acids is 2. The summed E-state index contributed by atoms with van der Waals surface area (Å²) in [6.45, 7) is 5.13. The number of hydrogen-bond acceptors (Lipinski definition) is 6. The maximum Gasteiger partial charge on any atom is 0.251 e. The first-order valence-electron chi connectivity index (χ1n) is 11.5. The van der Waals surface area contributed by atoms with Gasteiger partial charge in [0.25, 0.3) is 5.91 Å². The van der Waals surface area contributed by atoms with Gasteiger partial charge in [-0.15, -0.1) is 10.2 Å². The smallest absolute Gasteiger partial charge is 0.251 e. The van der Waals surface area contributed by atoms with Gasteiger partial charge in [-0.1, -0.05) is 12.1 Å². The average molecular weight is 509 g/mol. The van der Waals surface area contributed by atoms with E-state index in [2.05, 4.69) is 20.7 Å². The number of aromatic nitrogens is 4. The highest BCUT2D eigenvalue weighted by molar-refractivity contribution is 5.88. The highest BCUT2D eigenvalue weighted by atomic mass is 19.1. The Morgan fingerprint density at radius 1 is 1.03 bits per heavy atom. The number of furan rings is 1. The molecule has 1 N–H and O–H groups in total. The fourth-order valence-corrected chi connectivity index (χ4v) is 3.66. The van der Waals surface area contributed by atoms with E-state index in [4.69, 9.17) is 4.42 Å². The Kier molecular flexibility index (Phi) is 7.42. The molecule has 0 saturated carbocycles. The van der Waals surface area contributed by atoms with Crippen molar-refractivity contribution in [2.45, 2.75) is 45.4 Å². The third-order valence-electron chi connectivity index (χ3n) is 5.29. The van der Waals surface area contributed by atoms with Crippen LogP contribution in [0.4, 0.5) is 8.78 Å². The van der Waals surface area contributed by atoms with Crippen LogP contribution in [0.5, 0.6) is 0 Å². The van der Waals surface area contributed by atoms with Crippen molar-refractivity contribution in [2.24, 2.45) is 0 Å². The maximum atomic E-state index is 13.6. The number of rotatable bonds is 8. The first-order valence-corrected chi connectivity index (χ1v) is 11.5. The lowest BCUT2D eigenvalue weighted by Crippen LogP contribution is -2.49. The van der Waals surface area contributed by atoms with E-state index in [9.17, 15) is 18.4 Å². The first kappa shape index (κ1) is 25.7. The van der Waals surface area contributed by atoms with E-state index in [1.54, 1.807) is 12.1 Å². The molecule has 37 heavy (non-hydrogen) atoms. The van der Waals surface area contributed by atoms with E-state index in [1.165, 1.54) is 59.7 Å². The summed E-state index contributed by atoms with van der Waals surface area (Å²) in [6.07, 6.45) is 1.42. The van der Waals surface area contributed by atoms with E-state index in [1.807, 2.05) is 20.8 Å². The molecule has 2 aromatic carbocycles. The van der Waals surface area contributed by atoms with Crippen LogP contribution in [0, 0.1) is 11.6 Å². The number of nitrogens with one attached hydrogen (secondary N) is 1. The SMILES string of the molecule is CC(C)(C)NC(=O)[C@H](c1ccco1)N(Cc1ccc(F)cc1)C(=O)Cn1nnc(-c2ccc(F)cc2)n1. The number of tetrazole rings is 1. The van der Waals surface area contributed by atoms with Crippen molar-refractivity contribution in [1.29, 1.82) is 0 Å². The van der Waals surface area contributed by atoms with Gasteiger partial charge >= 0.3 is 0 Å². The largest absolute Gasteiger partial charge is 0.467 e. The molecule has 0 aliphatic carbocycles. The molecule has 4 aromatic rings. The second-order valence-electron chi connectivity index (χ2n) is 9.46. The molecular weight excluding hydrogens is 482 g/mol. The average Bonchev–Trinajstić information content (AvgIpc) is 3.52. The van der Waals surface area contributed by atoms with E-state index in [0.29, 0.717) is 11.1 Å². The Hall–Kier alpha value is -4.41. The molecule has 4 rings (SSSR count). The highest BCUT2D eigenvalue weighted by Crippen LogP contribution is 2.26. The number of hydrogen-bond donors (Lipinski definition) is 1. The summed E-state index contributed by atoms with van der Waals surface area (Å²) >= 11 is 0. The predicted octanol–water partition coefficient (Wildman–Crippen LogP) is 3.90. The fraction of sp³-hybridized carbons (Fsp3) is 0.269. The van der Waals surface area contributed by atoms with Crippen molar-refractivity contribution >= 4 is 11.8 Å². The van der Waals surface area contributed by atoms with Gasteiger partial charge in [0, 0.05) is 17.6 Å². The molecule has 2 heterocycles. The summed E-state index contributed by atoms with van der Waals surface area (Å²) in [6, 6.07) is 13.3. The van der Waals surface area contributed by atoms with Gasteiger partial charge in [0.1, 0.15) is 23.9 Å². The van der Waals surface area contributed by atoms with E-state index >= 15 is 0 Å². The van der Waals surface area contributed by atoms with Gasteiger partial charge in [0.15, 0.2) is 6.04 Å². The zero-order valence-corrected chi connectivity index (χ0v) is 20.6. The quantitative estimate of drug-likeness (QED) is 0.387. The van der Waals surface area contributed by atoms with Crippen LogP contribution in [0.3, 0.4) is 0 Å². The van der Waals surface area contributed by atoms with Gasteiger partial charge in [0.2, 0.25) is 11.7 Å². The minimum atomic E-state index is -1.12. The second-order valence-corrected chi connectivity index (χ2v) is 9.46. The third-order valence-corrected chi connectivity index (χ3v) is 5.29. The van der Waals surface area contributed by atoms with Gasteiger partial charge in [-0.25, -0.2) is 8.78 Å². The summed E-state index contributed by atoms with van der Waals surface area (Å²) in [7, 11) is 0. The van der Waals surface area contributed by atoms with Crippen molar-refractivity contribution in [1.82, 2.24) is 30.4 Å². The Labute approximate surface area is 212 Å². The van der Waals surface area contributed by atoms with Gasteiger partial charge in [-0.2, -0.15) is 4.80 Å². The van der Waals surface area contributed by atoms with Crippen LogP contribution in [0.15, 0.2) is 71.3 Å². The molecular formula is C26H26F2N6O3. The molecule has 0 aliphatic rings. The number of halogens is 2. The predicted molar refractivity (Wildman–Crippen MR) is 130 cm³/mol. The first-order chi connectivity index (χ1) is 17.6. The van der Waals surface area contributed by atoms with E-state index < -0.39 is 35.0 Å². The van der Waals surface area contributed by atoms with Crippen molar-refractivity contribution in [2.75, 3.05) is 0 Å². The molecule has 9 nitrogen and oxygen atoms in total. The summed E-state index contributed by atoms with van der Waals surface area (Å²) in [5.41, 5.74) is 0.555. The lowest BCUT2D eigenvalue weighted by atomic mass is 10.1. The minimum absolute atomic E-state index is 0.0123. The molecule has 0 unspecified atom stereocenters. The number of carbonyl (C=O) groups is 2. The zero-order valence-electron chi connectivity index (χ0n) is 20.6. The van der Waals surface area contributed by atoms with Gasteiger partial charge in [-0.05, 0) is 80.1 Å². The number of amides is 2. The molecule has 192 valence electrons. The van der Waals surface area contributed by atoms with Crippen molar-refractivity contribution in [3.8, 4) is 11.4 Å². The van der Waals surface area contributed by atoms with Crippen LogP contribution in [-0.2, 0) is 22.7 Å².